The minimum absolute atomic E-state index is 0.152. The zero-order valence-corrected chi connectivity index (χ0v) is 12.7. The van der Waals surface area contributed by atoms with Crippen molar-refractivity contribution in [2.45, 2.75) is 39.8 Å². The summed E-state index contributed by atoms with van der Waals surface area (Å²) in [7, 11) is 1.97. The van der Waals surface area contributed by atoms with E-state index in [9.17, 15) is 0 Å². The zero-order chi connectivity index (χ0) is 13.7. The van der Waals surface area contributed by atoms with Gasteiger partial charge in [-0.05, 0) is 44.0 Å². The van der Waals surface area contributed by atoms with Crippen molar-refractivity contribution in [3.8, 4) is 0 Å². The maximum absolute atomic E-state index is 6.21. The lowest BCUT2D eigenvalue weighted by Gasteiger charge is -2.30. The van der Waals surface area contributed by atoms with Gasteiger partial charge in [0.05, 0.1) is 12.1 Å². The first-order valence-corrected chi connectivity index (χ1v) is 6.94. The lowest BCUT2D eigenvalue weighted by atomic mass is 9.93. The fraction of sp³-hybridized carbons (Fsp3) is 0.600. The molecule has 0 saturated heterocycles. The summed E-state index contributed by atoms with van der Waals surface area (Å²) in [6.07, 6.45) is 0.152. The lowest BCUT2D eigenvalue weighted by Crippen LogP contribution is -2.35. The van der Waals surface area contributed by atoms with Gasteiger partial charge in [-0.25, -0.2) is 0 Å². The highest BCUT2D eigenvalue weighted by molar-refractivity contribution is 6.31. The van der Waals surface area contributed by atoms with Crippen LogP contribution in [0, 0.1) is 12.8 Å². The van der Waals surface area contributed by atoms with E-state index in [-0.39, 0.29) is 12.1 Å². The number of benzene rings is 1. The van der Waals surface area contributed by atoms with E-state index in [0.29, 0.717) is 5.92 Å². The van der Waals surface area contributed by atoms with E-state index in [1.54, 1.807) is 0 Å². The standard InChI is InChI=1S/C15H24ClNO/c1-6-18-15(10(2)3)14(17-5)12-8-7-11(4)13(16)9-12/h7-10,14-15,17H,6H2,1-5H3. The molecule has 0 amide bonds. The number of hydrogen-bond acceptors (Lipinski definition) is 2. The van der Waals surface area contributed by atoms with Gasteiger partial charge in [0, 0.05) is 11.6 Å². The van der Waals surface area contributed by atoms with E-state index in [1.807, 2.05) is 27.0 Å². The summed E-state index contributed by atoms with van der Waals surface area (Å²) in [5.41, 5.74) is 2.29. The van der Waals surface area contributed by atoms with E-state index in [0.717, 1.165) is 17.2 Å². The Bertz CT molecular complexity index is 379. The minimum atomic E-state index is 0.152. The van der Waals surface area contributed by atoms with E-state index < -0.39 is 0 Å². The molecule has 0 radical (unpaired) electrons. The Morgan fingerprint density at radius 1 is 1.33 bits per heavy atom. The Kier molecular flexibility index (Phi) is 6.13. The summed E-state index contributed by atoms with van der Waals surface area (Å²) < 4.78 is 5.88. The predicted molar refractivity (Wildman–Crippen MR) is 78.2 cm³/mol. The summed E-state index contributed by atoms with van der Waals surface area (Å²) in [4.78, 5) is 0. The summed E-state index contributed by atoms with van der Waals surface area (Å²) in [5, 5.41) is 4.16. The third-order valence-corrected chi connectivity index (χ3v) is 3.62. The van der Waals surface area contributed by atoms with Crippen molar-refractivity contribution < 1.29 is 4.74 Å². The van der Waals surface area contributed by atoms with Crippen LogP contribution in [-0.4, -0.2) is 19.8 Å². The van der Waals surface area contributed by atoms with Crippen LogP contribution in [0.4, 0.5) is 0 Å². The van der Waals surface area contributed by atoms with Gasteiger partial charge in [0.2, 0.25) is 0 Å². The van der Waals surface area contributed by atoms with Crippen molar-refractivity contribution in [2.24, 2.45) is 5.92 Å². The van der Waals surface area contributed by atoms with Crippen LogP contribution in [0.25, 0.3) is 0 Å². The molecule has 0 fully saturated rings. The molecule has 0 heterocycles. The van der Waals surface area contributed by atoms with E-state index in [2.05, 4.69) is 31.3 Å². The molecular formula is C15H24ClNO. The van der Waals surface area contributed by atoms with Gasteiger partial charge in [-0.15, -0.1) is 0 Å². The number of nitrogens with one attached hydrogen (secondary N) is 1. The van der Waals surface area contributed by atoms with Gasteiger partial charge in [0.15, 0.2) is 0 Å². The number of aryl methyl sites for hydroxylation is 1. The molecule has 0 aliphatic rings. The molecule has 0 aromatic heterocycles. The Morgan fingerprint density at radius 2 is 2.00 bits per heavy atom. The van der Waals surface area contributed by atoms with Crippen LogP contribution >= 0.6 is 11.6 Å². The highest BCUT2D eigenvalue weighted by atomic mass is 35.5. The van der Waals surface area contributed by atoms with Gasteiger partial charge in [0.25, 0.3) is 0 Å². The smallest absolute Gasteiger partial charge is 0.0792 e. The second-order valence-corrected chi connectivity index (χ2v) is 5.35. The van der Waals surface area contributed by atoms with Crippen molar-refractivity contribution >= 4 is 11.6 Å². The van der Waals surface area contributed by atoms with Crippen molar-refractivity contribution in [1.82, 2.24) is 5.32 Å². The van der Waals surface area contributed by atoms with Gasteiger partial charge in [-0.2, -0.15) is 0 Å². The number of hydrogen-bond donors (Lipinski definition) is 1. The molecule has 0 bridgehead atoms. The molecule has 1 N–H and O–H groups in total. The monoisotopic (exact) mass is 269 g/mol. The topological polar surface area (TPSA) is 21.3 Å². The first kappa shape index (κ1) is 15.5. The Labute approximate surface area is 116 Å². The largest absolute Gasteiger partial charge is 0.376 e. The van der Waals surface area contributed by atoms with Crippen LogP contribution in [0.1, 0.15) is 37.9 Å². The van der Waals surface area contributed by atoms with Crippen LogP contribution in [-0.2, 0) is 4.74 Å². The molecule has 1 aromatic carbocycles. The van der Waals surface area contributed by atoms with Gasteiger partial charge < -0.3 is 10.1 Å². The fourth-order valence-electron chi connectivity index (χ4n) is 2.19. The molecule has 2 unspecified atom stereocenters. The lowest BCUT2D eigenvalue weighted by molar-refractivity contribution is 0.00460. The number of rotatable bonds is 6. The molecule has 0 aliphatic carbocycles. The predicted octanol–water partition coefficient (Wildman–Crippen LogP) is 3.97. The Hall–Kier alpha value is -0.570. The van der Waals surface area contributed by atoms with Crippen molar-refractivity contribution in [3.63, 3.8) is 0 Å². The average molecular weight is 270 g/mol. The van der Waals surface area contributed by atoms with E-state index >= 15 is 0 Å². The Balaban J connectivity index is 3.02. The van der Waals surface area contributed by atoms with Crippen molar-refractivity contribution in [3.05, 3.63) is 34.3 Å². The third-order valence-electron chi connectivity index (χ3n) is 3.21. The molecule has 0 aliphatic heterocycles. The molecule has 3 heteroatoms. The van der Waals surface area contributed by atoms with Gasteiger partial charge in [0.1, 0.15) is 0 Å². The van der Waals surface area contributed by atoms with Crippen molar-refractivity contribution in [1.29, 1.82) is 0 Å². The van der Waals surface area contributed by atoms with Crippen LogP contribution in [0.2, 0.25) is 5.02 Å². The second-order valence-electron chi connectivity index (χ2n) is 4.94. The summed E-state index contributed by atoms with van der Waals surface area (Å²) in [6.45, 7) is 9.13. The molecule has 0 spiro atoms. The normalized spacial score (nSPS) is 14.8. The molecule has 1 aromatic rings. The SMILES string of the molecule is CCOC(C(C)C)C(NC)c1ccc(C)c(Cl)c1. The molecule has 1 rings (SSSR count). The van der Waals surface area contributed by atoms with Crippen LogP contribution in [0.15, 0.2) is 18.2 Å². The van der Waals surface area contributed by atoms with Crippen LogP contribution in [0.3, 0.4) is 0 Å². The molecule has 18 heavy (non-hydrogen) atoms. The molecule has 102 valence electrons. The highest BCUT2D eigenvalue weighted by Crippen LogP contribution is 2.27. The van der Waals surface area contributed by atoms with E-state index in [1.165, 1.54) is 5.56 Å². The molecular weight excluding hydrogens is 246 g/mol. The van der Waals surface area contributed by atoms with Crippen LogP contribution in [0.5, 0.6) is 0 Å². The first-order valence-electron chi connectivity index (χ1n) is 6.56. The maximum atomic E-state index is 6.21. The molecule has 2 nitrogen and oxygen atoms in total. The Morgan fingerprint density at radius 3 is 2.44 bits per heavy atom. The van der Waals surface area contributed by atoms with Gasteiger partial charge >= 0.3 is 0 Å². The number of ether oxygens (including phenoxy) is 1. The summed E-state index contributed by atoms with van der Waals surface area (Å²) >= 11 is 6.21. The van der Waals surface area contributed by atoms with E-state index in [4.69, 9.17) is 16.3 Å². The minimum Gasteiger partial charge on any atom is -0.376 e. The van der Waals surface area contributed by atoms with Gasteiger partial charge in [-0.3, -0.25) is 0 Å². The first-order chi connectivity index (χ1) is 8.51. The quantitative estimate of drug-likeness (QED) is 0.844. The third kappa shape index (κ3) is 3.71. The zero-order valence-electron chi connectivity index (χ0n) is 12.0. The maximum Gasteiger partial charge on any atom is 0.0792 e. The molecule has 0 saturated carbocycles. The fourth-order valence-corrected chi connectivity index (χ4v) is 2.38. The average Bonchev–Trinajstić information content (AvgIpc) is 2.33. The highest BCUT2D eigenvalue weighted by Gasteiger charge is 2.25. The van der Waals surface area contributed by atoms with Crippen LogP contribution < -0.4 is 5.32 Å². The van der Waals surface area contributed by atoms with Crippen molar-refractivity contribution in [2.75, 3.05) is 13.7 Å². The summed E-state index contributed by atoms with van der Waals surface area (Å²) in [6, 6.07) is 6.39. The summed E-state index contributed by atoms with van der Waals surface area (Å²) in [5.74, 6) is 0.447. The number of halogens is 1. The molecule has 2 atom stereocenters. The van der Waals surface area contributed by atoms with Gasteiger partial charge in [-0.1, -0.05) is 37.6 Å². The second kappa shape index (κ2) is 7.13. The number of likely N-dealkylation sites (N-methyl/N-ethyl adjacent to an activating group) is 1.